The summed E-state index contributed by atoms with van der Waals surface area (Å²) in [7, 11) is 0. The van der Waals surface area contributed by atoms with Crippen LogP contribution >= 0.6 is 23.2 Å². The number of amides is 2. The van der Waals surface area contributed by atoms with E-state index in [4.69, 9.17) is 28.9 Å². The monoisotopic (exact) mass is 614 g/mol. The van der Waals surface area contributed by atoms with Crippen LogP contribution < -0.4 is 16.4 Å². The maximum Gasteiger partial charge on any atom is 0.416 e. The summed E-state index contributed by atoms with van der Waals surface area (Å²) >= 11 is 12.5. The number of rotatable bonds is 6. The van der Waals surface area contributed by atoms with Crippen molar-refractivity contribution >= 4 is 64.0 Å². The van der Waals surface area contributed by atoms with Gasteiger partial charge in [0.1, 0.15) is 5.52 Å². The molecule has 2 aromatic heterocycles. The molecule has 3 aromatic rings. The third kappa shape index (κ3) is 6.22. The highest BCUT2D eigenvalue weighted by Gasteiger charge is 2.33. The number of fused-ring (bicyclic) bond motifs is 1. The van der Waals surface area contributed by atoms with Crippen LogP contribution in [-0.2, 0) is 11.0 Å². The van der Waals surface area contributed by atoms with Crippen LogP contribution in [0.3, 0.4) is 0 Å². The summed E-state index contributed by atoms with van der Waals surface area (Å²) in [5.41, 5.74) is 5.43. The number of nitrogens with two attached hydrogens (primary N) is 1. The van der Waals surface area contributed by atoms with Crippen LogP contribution in [0.4, 0.5) is 35.5 Å². The van der Waals surface area contributed by atoms with Crippen LogP contribution in [0.5, 0.6) is 0 Å². The Kier molecular flexibility index (Phi) is 8.06. The van der Waals surface area contributed by atoms with E-state index in [1.807, 2.05) is 4.57 Å². The van der Waals surface area contributed by atoms with Gasteiger partial charge in [-0.05, 0) is 50.7 Å². The number of carbonyl (C=O) groups excluding carboxylic acids is 1. The largest absolute Gasteiger partial charge is 0.465 e. The number of imidazole rings is 1. The minimum atomic E-state index is -4.63. The van der Waals surface area contributed by atoms with Gasteiger partial charge in [-0.2, -0.15) is 18.2 Å². The Morgan fingerprint density at radius 1 is 1.07 bits per heavy atom. The molecule has 1 saturated carbocycles. The van der Waals surface area contributed by atoms with E-state index in [-0.39, 0.29) is 58.1 Å². The van der Waals surface area contributed by atoms with Gasteiger partial charge in [0.25, 0.3) is 0 Å². The number of aromatic nitrogens is 4. The second-order valence-electron chi connectivity index (χ2n) is 10.3. The molecular formula is C25H27Cl2F3N8O3. The quantitative estimate of drug-likeness (QED) is 0.277. The molecule has 1 unspecified atom stereocenters. The minimum Gasteiger partial charge on any atom is -0.465 e. The Bertz CT molecular complexity index is 1450. The first-order valence-electron chi connectivity index (χ1n) is 13.0. The summed E-state index contributed by atoms with van der Waals surface area (Å²) < 4.78 is 41.6. The lowest BCUT2D eigenvalue weighted by Gasteiger charge is -2.31. The molecular weight excluding hydrogens is 588 g/mol. The maximum atomic E-state index is 13.3. The molecule has 3 heterocycles. The van der Waals surface area contributed by atoms with Crippen LogP contribution in [0.1, 0.15) is 50.1 Å². The van der Waals surface area contributed by atoms with Crippen LogP contribution in [0.25, 0.3) is 11.2 Å². The number of nitrogens with one attached hydrogen (secondary N) is 2. The Hall–Kier alpha value is -3.52. The molecule has 2 amide bonds. The van der Waals surface area contributed by atoms with Crippen molar-refractivity contribution in [2.75, 3.05) is 23.7 Å². The fraction of sp³-hybridized carbons (Fsp3) is 0.480. The number of piperidine rings is 1. The van der Waals surface area contributed by atoms with Crippen molar-refractivity contribution in [3.05, 3.63) is 33.9 Å². The molecule has 1 aliphatic carbocycles. The van der Waals surface area contributed by atoms with E-state index < -0.39 is 17.8 Å². The number of alkyl halides is 3. The van der Waals surface area contributed by atoms with E-state index in [0.29, 0.717) is 49.8 Å². The van der Waals surface area contributed by atoms with Gasteiger partial charge in [0.05, 0.1) is 27.5 Å². The van der Waals surface area contributed by atoms with E-state index in [9.17, 15) is 27.9 Å². The van der Waals surface area contributed by atoms with Crippen LogP contribution in [-0.4, -0.2) is 60.7 Å². The van der Waals surface area contributed by atoms with E-state index in [1.165, 1.54) is 11.1 Å². The zero-order valence-electron chi connectivity index (χ0n) is 21.6. The molecule has 2 aliphatic rings. The normalized spacial score (nSPS) is 21.6. The molecule has 2 fully saturated rings. The van der Waals surface area contributed by atoms with Gasteiger partial charge >= 0.3 is 12.3 Å². The molecule has 1 aliphatic heterocycles. The number of carbonyl (C=O) groups is 2. The van der Waals surface area contributed by atoms with Crippen LogP contribution in [0, 0.1) is 5.92 Å². The van der Waals surface area contributed by atoms with Gasteiger partial charge in [-0.1, -0.05) is 23.2 Å². The van der Waals surface area contributed by atoms with Crippen LogP contribution in [0.2, 0.25) is 10.0 Å². The molecule has 220 valence electrons. The number of halogens is 5. The predicted octanol–water partition coefficient (Wildman–Crippen LogP) is 5.67. The maximum absolute atomic E-state index is 13.3. The summed E-state index contributed by atoms with van der Waals surface area (Å²) in [4.78, 5) is 38.2. The Morgan fingerprint density at radius 2 is 1.76 bits per heavy atom. The molecule has 1 atom stereocenters. The van der Waals surface area contributed by atoms with Crippen molar-refractivity contribution in [2.45, 2.75) is 56.8 Å². The Balaban J connectivity index is 1.51. The lowest BCUT2D eigenvalue weighted by atomic mass is 9.85. The van der Waals surface area contributed by atoms with E-state index in [1.54, 1.807) is 0 Å². The number of hydrogen-bond donors (Lipinski definition) is 4. The van der Waals surface area contributed by atoms with Gasteiger partial charge in [-0.25, -0.2) is 14.8 Å². The number of likely N-dealkylation sites (tertiary alicyclic amines) is 1. The summed E-state index contributed by atoms with van der Waals surface area (Å²) in [5, 5.41) is 15.1. The molecule has 11 nitrogen and oxygen atoms in total. The first-order valence-corrected chi connectivity index (χ1v) is 13.8. The lowest BCUT2D eigenvalue weighted by molar-refractivity contribution is -0.137. The van der Waals surface area contributed by atoms with Gasteiger partial charge in [-0.3, -0.25) is 9.36 Å². The highest BCUT2D eigenvalue weighted by Crippen LogP contribution is 2.42. The standard InChI is InChI=1S/C25H27Cl2F3N8O3/c26-16-8-13(25(28,29)30)9-17(27)19(16)35-23-34-18-10-32-22(33-14-2-1-7-37(11-14)24(40)41)36-21(18)38(23)15-5-3-12(4-6-15)20(31)39/h8-10,12,14-15H,1-7,11H2,(H2,31,39)(H,34,35)(H,40,41)(H,32,33,36)/t12-,14?,15-. The third-order valence-corrected chi connectivity index (χ3v) is 8.12. The number of nitrogens with zero attached hydrogens (tertiary/aromatic N) is 5. The van der Waals surface area contributed by atoms with Gasteiger partial charge in [-0.15, -0.1) is 0 Å². The molecule has 0 radical (unpaired) electrons. The number of carboxylic acid groups (broad SMARTS) is 1. The molecule has 5 N–H and O–H groups in total. The fourth-order valence-corrected chi connectivity index (χ4v) is 6.01. The van der Waals surface area contributed by atoms with Crippen LogP contribution in [0.15, 0.2) is 18.3 Å². The van der Waals surface area contributed by atoms with E-state index in [0.717, 1.165) is 18.6 Å². The molecule has 5 rings (SSSR count). The highest BCUT2D eigenvalue weighted by atomic mass is 35.5. The average Bonchev–Trinajstić information content (AvgIpc) is 3.27. The predicted molar refractivity (Wildman–Crippen MR) is 147 cm³/mol. The lowest BCUT2D eigenvalue weighted by Crippen LogP contribution is -2.44. The van der Waals surface area contributed by atoms with E-state index in [2.05, 4.69) is 25.6 Å². The summed E-state index contributed by atoms with van der Waals surface area (Å²) in [6.45, 7) is 0.739. The summed E-state index contributed by atoms with van der Waals surface area (Å²) in [6.07, 6.45) is -0.444. The van der Waals surface area contributed by atoms with Crippen molar-refractivity contribution < 1.29 is 27.9 Å². The zero-order chi connectivity index (χ0) is 29.5. The van der Waals surface area contributed by atoms with Crippen molar-refractivity contribution in [1.82, 2.24) is 24.4 Å². The van der Waals surface area contributed by atoms with Gasteiger partial charge in [0.15, 0.2) is 5.65 Å². The number of hydrogen-bond acceptors (Lipinski definition) is 7. The van der Waals surface area contributed by atoms with Gasteiger partial charge in [0.2, 0.25) is 17.8 Å². The molecule has 1 aromatic carbocycles. The molecule has 0 bridgehead atoms. The van der Waals surface area contributed by atoms with Crippen molar-refractivity contribution in [2.24, 2.45) is 11.7 Å². The fourth-order valence-electron chi connectivity index (χ4n) is 5.43. The minimum absolute atomic E-state index is 0.0472. The SMILES string of the molecule is NC(=O)[C@H]1CC[C@H](n2c(Nc3c(Cl)cc(C(F)(F)F)cc3Cl)nc3cnc(NC4CCCN(C(=O)O)C4)nc32)CC1. The molecule has 0 spiro atoms. The summed E-state index contributed by atoms with van der Waals surface area (Å²) in [6, 6.07) is 1.20. The highest BCUT2D eigenvalue weighted by molar-refractivity contribution is 6.39. The Morgan fingerprint density at radius 3 is 2.37 bits per heavy atom. The van der Waals surface area contributed by atoms with Gasteiger partial charge in [0, 0.05) is 31.1 Å². The smallest absolute Gasteiger partial charge is 0.416 e. The molecule has 1 saturated heterocycles. The number of primary amides is 1. The average molecular weight is 615 g/mol. The first kappa shape index (κ1) is 29.0. The topological polar surface area (TPSA) is 151 Å². The number of benzene rings is 1. The van der Waals surface area contributed by atoms with Crippen molar-refractivity contribution in [3.63, 3.8) is 0 Å². The van der Waals surface area contributed by atoms with E-state index >= 15 is 0 Å². The molecule has 16 heteroatoms. The van der Waals surface area contributed by atoms with Gasteiger partial charge < -0.3 is 26.4 Å². The van der Waals surface area contributed by atoms with Crippen molar-refractivity contribution in [3.8, 4) is 0 Å². The zero-order valence-corrected chi connectivity index (χ0v) is 23.1. The second kappa shape index (κ2) is 11.4. The first-order chi connectivity index (χ1) is 19.4. The summed E-state index contributed by atoms with van der Waals surface area (Å²) in [5.74, 6) is -0.102. The Labute approximate surface area is 242 Å². The second-order valence-corrected chi connectivity index (χ2v) is 11.1. The van der Waals surface area contributed by atoms with Crippen molar-refractivity contribution in [1.29, 1.82) is 0 Å². The molecule has 41 heavy (non-hydrogen) atoms. The third-order valence-electron chi connectivity index (χ3n) is 7.53. The number of anilines is 3.